The van der Waals surface area contributed by atoms with E-state index >= 15 is 0 Å². The Morgan fingerprint density at radius 1 is 1.26 bits per heavy atom. The molecule has 23 heavy (non-hydrogen) atoms. The standard InChI is InChI=1S/C16H31N3O3S/c1-16(2,3)12-23(21,22)19-9-5-6-13(11-19)10-18-15(20)14-7-4-8-17-14/h13-14,17H,4-12H2,1-3H3,(H,18,20). The fourth-order valence-corrected chi connectivity index (χ4v) is 5.48. The Morgan fingerprint density at radius 2 is 2.00 bits per heavy atom. The Bertz CT molecular complexity index is 507. The highest BCUT2D eigenvalue weighted by Crippen LogP contribution is 2.24. The molecule has 6 nitrogen and oxygen atoms in total. The van der Waals surface area contributed by atoms with Gasteiger partial charge in [0.2, 0.25) is 15.9 Å². The van der Waals surface area contributed by atoms with E-state index in [1.165, 1.54) is 0 Å². The van der Waals surface area contributed by atoms with Gasteiger partial charge in [0, 0.05) is 19.6 Å². The molecular weight excluding hydrogens is 314 g/mol. The number of hydrogen-bond acceptors (Lipinski definition) is 4. The summed E-state index contributed by atoms with van der Waals surface area (Å²) >= 11 is 0. The van der Waals surface area contributed by atoms with Crippen molar-refractivity contribution in [1.82, 2.24) is 14.9 Å². The van der Waals surface area contributed by atoms with E-state index in [0.29, 0.717) is 19.6 Å². The molecule has 2 rings (SSSR count). The van der Waals surface area contributed by atoms with E-state index < -0.39 is 10.0 Å². The lowest BCUT2D eigenvalue weighted by Gasteiger charge is -2.34. The maximum Gasteiger partial charge on any atom is 0.237 e. The Balaban J connectivity index is 1.84. The van der Waals surface area contributed by atoms with E-state index in [4.69, 9.17) is 0 Å². The van der Waals surface area contributed by atoms with E-state index in [-0.39, 0.29) is 29.0 Å². The molecule has 2 aliphatic rings. The number of nitrogens with one attached hydrogen (secondary N) is 2. The molecule has 0 aromatic rings. The minimum atomic E-state index is -3.22. The first-order valence-electron chi connectivity index (χ1n) is 8.66. The molecule has 0 aliphatic carbocycles. The summed E-state index contributed by atoms with van der Waals surface area (Å²) in [6.07, 6.45) is 3.77. The average Bonchev–Trinajstić information content (AvgIpc) is 2.97. The lowest BCUT2D eigenvalue weighted by molar-refractivity contribution is -0.123. The Hall–Kier alpha value is -0.660. The van der Waals surface area contributed by atoms with Gasteiger partial charge in [-0.1, -0.05) is 20.8 Å². The van der Waals surface area contributed by atoms with E-state index in [9.17, 15) is 13.2 Å². The van der Waals surface area contributed by atoms with Gasteiger partial charge < -0.3 is 10.6 Å². The number of nitrogens with zero attached hydrogens (tertiary/aromatic N) is 1. The number of hydrogen-bond donors (Lipinski definition) is 2. The van der Waals surface area contributed by atoms with Crippen molar-refractivity contribution in [1.29, 1.82) is 0 Å². The highest BCUT2D eigenvalue weighted by molar-refractivity contribution is 7.89. The van der Waals surface area contributed by atoms with Crippen LogP contribution in [0.1, 0.15) is 46.5 Å². The van der Waals surface area contributed by atoms with Gasteiger partial charge in [-0.05, 0) is 43.6 Å². The second kappa shape index (κ2) is 7.49. The minimum absolute atomic E-state index is 0.0529. The van der Waals surface area contributed by atoms with Gasteiger partial charge in [-0.15, -0.1) is 0 Å². The van der Waals surface area contributed by atoms with Crippen LogP contribution < -0.4 is 10.6 Å². The van der Waals surface area contributed by atoms with Crippen LogP contribution in [0.2, 0.25) is 0 Å². The maximum atomic E-state index is 12.5. The predicted molar refractivity (Wildman–Crippen MR) is 91.6 cm³/mol. The van der Waals surface area contributed by atoms with Crippen molar-refractivity contribution < 1.29 is 13.2 Å². The van der Waals surface area contributed by atoms with Gasteiger partial charge in [-0.2, -0.15) is 0 Å². The first-order valence-corrected chi connectivity index (χ1v) is 10.3. The average molecular weight is 346 g/mol. The number of carbonyl (C=O) groups excluding carboxylic acids is 1. The number of amides is 1. The minimum Gasteiger partial charge on any atom is -0.354 e. The molecule has 0 aromatic heterocycles. The van der Waals surface area contributed by atoms with Crippen molar-refractivity contribution in [2.24, 2.45) is 11.3 Å². The molecule has 134 valence electrons. The van der Waals surface area contributed by atoms with Gasteiger partial charge in [0.15, 0.2) is 0 Å². The Kier molecular flexibility index (Phi) is 6.08. The van der Waals surface area contributed by atoms with Crippen LogP contribution >= 0.6 is 0 Å². The lowest BCUT2D eigenvalue weighted by Crippen LogP contribution is -2.47. The second-order valence-corrected chi connectivity index (χ2v) is 10.0. The van der Waals surface area contributed by atoms with E-state index in [0.717, 1.165) is 32.2 Å². The molecule has 2 saturated heterocycles. The number of rotatable bonds is 5. The lowest BCUT2D eigenvalue weighted by atomic mass is 9.99. The third-order valence-electron chi connectivity index (χ3n) is 4.43. The summed E-state index contributed by atoms with van der Waals surface area (Å²) in [6.45, 7) is 8.44. The fraction of sp³-hybridized carbons (Fsp3) is 0.938. The van der Waals surface area contributed by atoms with Gasteiger partial charge in [0.1, 0.15) is 0 Å². The fourth-order valence-electron chi connectivity index (χ4n) is 3.36. The largest absolute Gasteiger partial charge is 0.354 e. The first kappa shape index (κ1) is 18.7. The molecule has 2 unspecified atom stereocenters. The van der Waals surface area contributed by atoms with Crippen molar-refractivity contribution in [3.63, 3.8) is 0 Å². The topological polar surface area (TPSA) is 78.5 Å². The smallest absolute Gasteiger partial charge is 0.237 e. The number of carbonyl (C=O) groups is 1. The monoisotopic (exact) mass is 345 g/mol. The second-order valence-electron chi connectivity index (χ2n) is 8.08. The molecule has 7 heteroatoms. The molecule has 2 heterocycles. The summed E-state index contributed by atoms with van der Waals surface area (Å²) in [7, 11) is -3.22. The van der Waals surface area contributed by atoms with Crippen LogP contribution in [-0.4, -0.2) is 56.6 Å². The molecule has 0 saturated carbocycles. The first-order chi connectivity index (χ1) is 10.7. The summed E-state index contributed by atoms with van der Waals surface area (Å²) in [5.41, 5.74) is -0.242. The van der Waals surface area contributed by atoms with Crippen LogP contribution in [0, 0.1) is 11.3 Å². The molecule has 0 spiro atoms. The molecule has 2 atom stereocenters. The van der Waals surface area contributed by atoms with E-state index in [1.807, 2.05) is 20.8 Å². The van der Waals surface area contributed by atoms with Gasteiger partial charge in [-0.3, -0.25) is 4.79 Å². The molecule has 2 aliphatic heterocycles. The summed E-state index contributed by atoms with van der Waals surface area (Å²) in [6, 6.07) is -0.0701. The van der Waals surface area contributed by atoms with Gasteiger partial charge in [0.25, 0.3) is 0 Å². The van der Waals surface area contributed by atoms with Crippen LogP contribution in [0.15, 0.2) is 0 Å². The van der Waals surface area contributed by atoms with E-state index in [2.05, 4.69) is 10.6 Å². The number of sulfonamides is 1. The number of piperidine rings is 1. The van der Waals surface area contributed by atoms with Crippen LogP contribution in [0.25, 0.3) is 0 Å². The Morgan fingerprint density at radius 3 is 2.61 bits per heavy atom. The van der Waals surface area contributed by atoms with Crippen LogP contribution in [0.4, 0.5) is 0 Å². The predicted octanol–water partition coefficient (Wildman–Crippen LogP) is 0.943. The molecule has 0 bridgehead atoms. The van der Waals surface area contributed by atoms with Crippen LogP contribution in [0.3, 0.4) is 0 Å². The molecular formula is C16H31N3O3S. The van der Waals surface area contributed by atoms with Gasteiger partial charge in [0.05, 0.1) is 11.8 Å². The van der Waals surface area contributed by atoms with Crippen molar-refractivity contribution in [2.45, 2.75) is 52.5 Å². The van der Waals surface area contributed by atoms with Gasteiger partial charge >= 0.3 is 0 Å². The zero-order valence-corrected chi connectivity index (χ0v) is 15.4. The van der Waals surface area contributed by atoms with Gasteiger partial charge in [-0.25, -0.2) is 12.7 Å². The molecule has 0 aromatic carbocycles. The normalized spacial score (nSPS) is 27.1. The SMILES string of the molecule is CC(C)(C)CS(=O)(=O)N1CCCC(CNC(=O)C2CCCN2)C1. The van der Waals surface area contributed by atoms with Crippen molar-refractivity contribution in [3.8, 4) is 0 Å². The maximum absolute atomic E-state index is 12.5. The van der Waals surface area contributed by atoms with Crippen molar-refractivity contribution in [2.75, 3.05) is 31.9 Å². The molecule has 2 fully saturated rings. The van der Waals surface area contributed by atoms with Crippen LogP contribution in [-0.2, 0) is 14.8 Å². The van der Waals surface area contributed by atoms with E-state index in [1.54, 1.807) is 4.31 Å². The Labute approximate surface area is 140 Å². The summed E-state index contributed by atoms with van der Waals surface area (Å²) in [4.78, 5) is 12.0. The third-order valence-corrected chi connectivity index (χ3v) is 6.78. The van der Waals surface area contributed by atoms with Crippen molar-refractivity contribution >= 4 is 15.9 Å². The van der Waals surface area contributed by atoms with Crippen LogP contribution in [0.5, 0.6) is 0 Å². The summed E-state index contributed by atoms with van der Waals surface area (Å²) < 4.78 is 26.7. The third kappa shape index (κ3) is 5.72. The van der Waals surface area contributed by atoms with Crippen molar-refractivity contribution in [3.05, 3.63) is 0 Å². The summed E-state index contributed by atoms with van der Waals surface area (Å²) in [5.74, 6) is 0.437. The highest BCUT2D eigenvalue weighted by atomic mass is 32.2. The zero-order chi connectivity index (χ0) is 17.1. The molecule has 2 N–H and O–H groups in total. The molecule has 0 radical (unpaired) electrons. The molecule has 1 amide bonds. The highest BCUT2D eigenvalue weighted by Gasteiger charge is 2.32. The summed E-state index contributed by atoms with van der Waals surface area (Å²) in [5, 5.41) is 6.18. The quantitative estimate of drug-likeness (QED) is 0.777. The zero-order valence-electron chi connectivity index (χ0n) is 14.6.